The van der Waals surface area contributed by atoms with Gasteiger partial charge in [-0.2, -0.15) is 0 Å². The second kappa shape index (κ2) is 12.6. The number of nitrogens with zero attached hydrogens (tertiary/aromatic N) is 2. The van der Waals surface area contributed by atoms with Gasteiger partial charge in [-0.1, -0.05) is 42.5 Å². The first-order chi connectivity index (χ1) is 18.3. The van der Waals surface area contributed by atoms with E-state index in [1.165, 1.54) is 5.56 Å². The zero-order chi connectivity index (χ0) is 27.1. The van der Waals surface area contributed by atoms with Gasteiger partial charge in [0.1, 0.15) is 5.82 Å². The summed E-state index contributed by atoms with van der Waals surface area (Å²) in [5, 5.41) is 21.2. The van der Waals surface area contributed by atoms with Crippen LogP contribution in [0.2, 0.25) is 0 Å². The van der Waals surface area contributed by atoms with Crippen molar-refractivity contribution in [1.82, 2.24) is 10.3 Å². The summed E-state index contributed by atoms with van der Waals surface area (Å²) in [4.78, 5) is 41.0. The van der Waals surface area contributed by atoms with E-state index in [1.54, 1.807) is 11.3 Å². The number of para-hydroxylation sites is 1. The summed E-state index contributed by atoms with van der Waals surface area (Å²) >= 11 is 1.58. The number of hydrogen-bond acceptors (Lipinski definition) is 7. The molecule has 0 unspecified atom stereocenters. The van der Waals surface area contributed by atoms with Gasteiger partial charge in [0.25, 0.3) is 0 Å². The smallest absolute Gasteiger partial charge is 0.303 e. The molecule has 3 N–H and O–H groups in total. The summed E-state index contributed by atoms with van der Waals surface area (Å²) in [6.45, 7) is 4.78. The average molecular weight is 534 g/mol. The Balaban J connectivity index is 0.000000368. The molecule has 0 amide bonds. The molecule has 1 saturated heterocycles. The fourth-order valence-electron chi connectivity index (χ4n) is 4.56. The number of rotatable bonds is 7. The molecular formula is C29H31N3O5S. The van der Waals surface area contributed by atoms with E-state index in [-0.39, 0.29) is 18.3 Å². The van der Waals surface area contributed by atoms with Crippen LogP contribution in [0.4, 0.5) is 5.82 Å². The normalized spacial score (nSPS) is 15.2. The van der Waals surface area contributed by atoms with Crippen molar-refractivity contribution < 1.29 is 19.8 Å². The zero-order valence-electron chi connectivity index (χ0n) is 21.2. The summed E-state index contributed by atoms with van der Waals surface area (Å²) in [6, 6.07) is 20.9. The quantitative estimate of drug-likeness (QED) is 0.318. The van der Waals surface area contributed by atoms with Crippen LogP contribution in [0.25, 0.3) is 21.0 Å². The summed E-state index contributed by atoms with van der Waals surface area (Å²) < 4.78 is 0.815. The summed E-state index contributed by atoms with van der Waals surface area (Å²) in [7, 11) is 0. The van der Waals surface area contributed by atoms with Gasteiger partial charge in [-0.3, -0.25) is 14.4 Å². The van der Waals surface area contributed by atoms with Crippen LogP contribution in [0.5, 0.6) is 0 Å². The van der Waals surface area contributed by atoms with Crippen LogP contribution >= 0.6 is 11.3 Å². The van der Waals surface area contributed by atoms with Crippen molar-refractivity contribution in [1.29, 1.82) is 0 Å². The van der Waals surface area contributed by atoms with Crippen LogP contribution in [0.3, 0.4) is 0 Å². The van der Waals surface area contributed by atoms with Crippen molar-refractivity contribution in [2.75, 3.05) is 24.5 Å². The number of thiophene rings is 1. The highest BCUT2D eigenvalue weighted by Crippen LogP contribution is 2.31. The second-order valence-electron chi connectivity index (χ2n) is 9.29. The minimum atomic E-state index is -1.08. The predicted molar refractivity (Wildman–Crippen MR) is 151 cm³/mol. The van der Waals surface area contributed by atoms with E-state index in [4.69, 9.17) is 15.2 Å². The Kier molecular flexibility index (Phi) is 9.04. The summed E-state index contributed by atoms with van der Waals surface area (Å²) in [5.74, 6) is -1.21. The van der Waals surface area contributed by atoms with Gasteiger partial charge in [-0.25, -0.2) is 4.98 Å². The van der Waals surface area contributed by atoms with Crippen molar-refractivity contribution in [2.24, 2.45) is 0 Å². The molecule has 9 heteroatoms. The molecule has 8 nitrogen and oxygen atoms in total. The van der Waals surface area contributed by atoms with Crippen molar-refractivity contribution in [2.45, 2.75) is 38.6 Å². The zero-order valence-corrected chi connectivity index (χ0v) is 22.0. The average Bonchev–Trinajstić information content (AvgIpc) is 3.26. The lowest BCUT2D eigenvalue weighted by Crippen LogP contribution is -2.51. The minimum Gasteiger partial charge on any atom is -0.481 e. The van der Waals surface area contributed by atoms with E-state index in [0.29, 0.717) is 11.4 Å². The molecule has 1 fully saturated rings. The van der Waals surface area contributed by atoms with Crippen LogP contribution in [-0.2, 0) is 16.0 Å². The van der Waals surface area contributed by atoms with Gasteiger partial charge >= 0.3 is 11.9 Å². The van der Waals surface area contributed by atoms with E-state index < -0.39 is 11.9 Å². The Morgan fingerprint density at radius 3 is 2.42 bits per heavy atom. The molecule has 0 aliphatic carbocycles. The number of benzene rings is 2. The number of fused-ring (bicyclic) bond motifs is 2. The number of carboxylic acid groups (broad SMARTS) is 2. The molecule has 3 heterocycles. The maximum atomic E-state index is 13.2. The monoisotopic (exact) mass is 533 g/mol. The van der Waals surface area contributed by atoms with E-state index in [2.05, 4.69) is 53.5 Å². The number of carbonyl (C=O) groups is 2. The molecule has 1 atom stereocenters. The highest BCUT2D eigenvalue weighted by Gasteiger charge is 2.23. The lowest BCUT2D eigenvalue weighted by Gasteiger charge is -2.34. The molecule has 0 spiro atoms. The van der Waals surface area contributed by atoms with Gasteiger partial charge in [0, 0.05) is 41.3 Å². The number of carboxylic acids is 2. The van der Waals surface area contributed by atoms with E-state index in [0.717, 1.165) is 58.8 Å². The highest BCUT2D eigenvalue weighted by molar-refractivity contribution is 7.19. The third kappa shape index (κ3) is 6.93. The predicted octanol–water partition coefficient (Wildman–Crippen LogP) is 4.46. The van der Waals surface area contributed by atoms with Gasteiger partial charge < -0.3 is 20.4 Å². The number of aromatic nitrogens is 1. The molecule has 198 valence electrons. The Morgan fingerprint density at radius 2 is 1.71 bits per heavy atom. The molecule has 5 rings (SSSR count). The maximum Gasteiger partial charge on any atom is 0.303 e. The number of anilines is 1. The first-order valence-corrected chi connectivity index (χ1v) is 13.4. The van der Waals surface area contributed by atoms with E-state index in [1.807, 2.05) is 24.3 Å². The van der Waals surface area contributed by atoms with Gasteiger partial charge in [0.15, 0.2) is 0 Å². The molecule has 2 aromatic carbocycles. The van der Waals surface area contributed by atoms with Gasteiger partial charge in [0.2, 0.25) is 5.43 Å². The topological polar surface area (TPSA) is 120 Å². The maximum absolute atomic E-state index is 13.2. The molecule has 0 saturated carbocycles. The van der Waals surface area contributed by atoms with E-state index in [9.17, 15) is 14.4 Å². The number of piperazine rings is 1. The fraction of sp³-hybridized carbons (Fsp3) is 0.310. The molecule has 2 aromatic heterocycles. The molecule has 0 bridgehead atoms. The Morgan fingerprint density at radius 1 is 1.03 bits per heavy atom. The molecule has 38 heavy (non-hydrogen) atoms. The van der Waals surface area contributed by atoms with E-state index >= 15 is 0 Å². The third-order valence-corrected chi connectivity index (χ3v) is 7.46. The summed E-state index contributed by atoms with van der Waals surface area (Å²) in [5.41, 5.74) is 2.24. The lowest BCUT2D eigenvalue weighted by molar-refractivity contribution is -0.143. The Hall–Kier alpha value is -3.82. The Labute approximate surface area is 224 Å². The van der Waals surface area contributed by atoms with Crippen molar-refractivity contribution in [3.63, 3.8) is 0 Å². The van der Waals surface area contributed by atoms with Gasteiger partial charge in [-0.15, -0.1) is 11.3 Å². The first kappa shape index (κ1) is 27.2. The molecule has 1 aliphatic heterocycles. The van der Waals surface area contributed by atoms with Crippen LogP contribution in [0, 0.1) is 6.92 Å². The Bertz CT molecular complexity index is 1470. The van der Waals surface area contributed by atoms with Crippen LogP contribution in [0.1, 0.15) is 29.7 Å². The molecule has 0 radical (unpaired) electrons. The standard InChI is InChI=1S/C25H25N3OS.C4H6O4/c1-17-15-21-24(30-17)23(29)20-9-5-6-10-22(20)27-25(21)28-14-13-26-19(16-28)12-11-18-7-3-2-4-8-18;5-3(6)1-2-4(7)8/h2-10,15,19,26H,11-14,16H2,1H3;1-2H2,(H,5,6)(H,7,8)/t19-;/m0./s1. The van der Waals surface area contributed by atoms with Crippen molar-refractivity contribution >= 4 is 50.1 Å². The first-order valence-electron chi connectivity index (χ1n) is 12.6. The molecule has 1 aliphatic rings. The van der Waals surface area contributed by atoms with Crippen LogP contribution in [-0.4, -0.2) is 52.8 Å². The number of nitrogens with one attached hydrogen (secondary N) is 1. The van der Waals surface area contributed by atoms with Crippen LogP contribution in [0.15, 0.2) is 65.5 Å². The van der Waals surface area contributed by atoms with Crippen LogP contribution < -0.4 is 15.6 Å². The summed E-state index contributed by atoms with van der Waals surface area (Å²) in [6.07, 6.45) is 1.55. The second-order valence-corrected chi connectivity index (χ2v) is 10.5. The van der Waals surface area contributed by atoms with Crippen molar-refractivity contribution in [3.05, 3.63) is 81.3 Å². The number of aryl methyl sites for hydroxylation is 2. The van der Waals surface area contributed by atoms with Gasteiger partial charge in [-0.05, 0) is 43.5 Å². The minimum absolute atomic E-state index is 0.0909. The van der Waals surface area contributed by atoms with Crippen molar-refractivity contribution in [3.8, 4) is 0 Å². The molecule has 4 aromatic rings. The highest BCUT2D eigenvalue weighted by atomic mass is 32.1. The number of aliphatic carboxylic acids is 2. The number of hydrogen-bond donors (Lipinski definition) is 3. The fourth-order valence-corrected chi connectivity index (χ4v) is 5.52. The third-order valence-electron chi connectivity index (χ3n) is 6.41. The largest absolute Gasteiger partial charge is 0.481 e. The SMILES string of the molecule is Cc1cc2c(N3CCN[C@@H](CCc4ccccc4)C3)nc3ccccc3c(=O)c2s1.O=C(O)CCC(=O)O. The van der Waals surface area contributed by atoms with Gasteiger partial charge in [0.05, 0.1) is 23.1 Å². The molecular weight excluding hydrogens is 502 g/mol. The lowest BCUT2D eigenvalue weighted by atomic mass is 10.0.